The maximum Gasteiger partial charge on any atom is 0.0829 e. The molecule has 0 aliphatic heterocycles. The van der Waals surface area contributed by atoms with Crippen LogP contribution in [0.5, 0.6) is 0 Å². The number of hydrogen-bond donors (Lipinski definition) is 1. The van der Waals surface area contributed by atoms with Gasteiger partial charge in [-0.1, -0.05) is 30.8 Å². The Morgan fingerprint density at radius 2 is 2.17 bits per heavy atom. The van der Waals surface area contributed by atoms with Gasteiger partial charge in [-0.25, -0.2) is 0 Å². The molecule has 0 saturated heterocycles. The molecule has 0 aromatic carbocycles. The average molecular weight is 267 g/mol. The van der Waals surface area contributed by atoms with E-state index in [9.17, 15) is 0 Å². The van der Waals surface area contributed by atoms with Gasteiger partial charge in [0.1, 0.15) is 0 Å². The lowest BCUT2D eigenvalue weighted by atomic mass is 10.0. The van der Waals surface area contributed by atoms with Crippen molar-refractivity contribution >= 4 is 11.5 Å². The summed E-state index contributed by atoms with van der Waals surface area (Å²) in [6.45, 7) is 13.7. The van der Waals surface area contributed by atoms with E-state index < -0.39 is 0 Å². The molecule has 0 aliphatic rings. The van der Waals surface area contributed by atoms with Crippen molar-refractivity contribution in [1.29, 1.82) is 0 Å². The van der Waals surface area contributed by atoms with Crippen molar-refractivity contribution in [2.75, 3.05) is 6.54 Å². The summed E-state index contributed by atoms with van der Waals surface area (Å²) in [7, 11) is 0. The van der Waals surface area contributed by atoms with Gasteiger partial charge in [0.15, 0.2) is 0 Å². The summed E-state index contributed by atoms with van der Waals surface area (Å²) in [4.78, 5) is 1.31. The normalized spacial score (nSPS) is 12.9. The second kappa shape index (κ2) is 7.64. The van der Waals surface area contributed by atoms with E-state index in [4.69, 9.17) is 0 Å². The molecule has 1 aromatic rings. The molecule has 0 radical (unpaired) electrons. The van der Waals surface area contributed by atoms with E-state index >= 15 is 0 Å². The van der Waals surface area contributed by atoms with Crippen LogP contribution in [0.25, 0.3) is 0 Å². The highest BCUT2D eigenvalue weighted by atomic mass is 32.1. The van der Waals surface area contributed by atoms with Crippen molar-refractivity contribution in [1.82, 2.24) is 14.9 Å². The first-order valence-electron chi connectivity index (χ1n) is 6.76. The minimum absolute atomic E-state index is 0.374. The standard InChI is InChI=1S/C14H25N3S/c1-6-9-15-12(8-7-10(2)3)14-13(11(4)5)16-17-18-14/h11-12,15H,2,6-9H2,1,3-5H3. The Bertz CT molecular complexity index is 371. The van der Waals surface area contributed by atoms with Gasteiger partial charge in [0.25, 0.3) is 0 Å². The number of aromatic nitrogens is 2. The quantitative estimate of drug-likeness (QED) is 0.722. The largest absolute Gasteiger partial charge is 0.309 e. The van der Waals surface area contributed by atoms with Crippen molar-refractivity contribution in [2.24, 2.45) is 0 Å². The minimum Gasteiger partial charge on any atom is -0.309 e. The average Bonchev–Trinajstić information content (AvgIpc) is 2.78. The summed E-state index contributed by atoms with van der Waals surface area (Å²) in [5, 5.41) is 7.89. The lowest BCUT2D eigenvalue weighted by Crippen LogP contribution is -2.22. The molecule has 1 heterocycles. The molecule has 1 rings (SSSR count). The predicted molar refractivity (Wildman–Crippen MR) is 79.1 cm³/mol. The predicted octanol–water partition coefficient (Wildman–Crippen LogP) is 4.06. The first kappa shape index (κ1) is 15.3. The van der Waals surface area contributed by atoms with Crippen LogP contribution in [-0.2, 0) is 0 Å². The highest BCUT2D eigenvalue weighted by Gasteiger charge is 2.20. The summed E-state index contributed by atoms with van der Waals surface area (Å²) < 4.78 is 4.13. The highest BCUT2D eigenvalue weighted by Crippen LogP contribution is 2.29. The molecular weight excluding hydrogens is 242 g/mol. The first-order valence-corrected chi connectivity index (χ1v) is 7.53. The smallest absolute Gasteiger partial charge is 0.0829 e. The number of rotatable bonds is 8. The molecule has 3 nitrogen and oxygen atoms in total. The fourth-order valence-electron chi connectivity index (χ4n) is 1.88. The van der Waals surface area contributed by atoms with Crippen LogP contribution in [0.2, 0.25) is 0 Å². The van der Waals surface area contributed by atoms with E-state index in [2.05, 4.69) is 49.2 Å². The molecule has 1 N–H and O–H groups in total. The van der Waals surface area contributed by atoms with Crippen LogP contribution in [0.3, 0.4) is 0 Å². The van der Waals surface area contributed by atoms with Gasteiger partial charge in [-0.3, -0.25) is 0 Å². The van der Waals surface area contributed by atoms with E-state index in [-0.39, 0.29) is 0 Å². The third kappa shape index (κ3) is 4.50. The van der Waals surface area contributed by atoms with Crippen LogP contribution in [0.1, 0.15) is 69.5 Å². The molecule has 0 amide bonds. The third-order valence-corrected chi connectivity index (χ3v) is 3.76. The molecule has 0 spiro atoms. The second-order valence-electron chi connectivity index (χ2n) is 5.18. The van der Waals surface area contributed by atoms with E-state index in [1.54, 1.807) is 0 Å². The Balaban J connectivity index is 2.79. The number of nitrogens with one attached hydrogen (secondary N) is 1. The Labute approximate surface area is 115 Å². The summed E-state index contributed by atoms with van der Waals surface area (Å²) in [6.07, 6.45) is 3.28. The van der Waals surface area contributed by atoms with Crippen LogP contribution in [0.15, 0.2) is 12.2 Å². The number of nitrogens with zero attached hydrogens (tertiary/aromatic N) is 2. The Morgan fingerprint density at radius 3 is 2.72 bits per heavy atom. The van der Waals surface area contributed by atoms with Crippen LogP contribution < -0.4 is 5.32 Å². The topological polar surface area (TPSA) is 37.8 Å². The Kier molecular flexibility index (Phi) is 6.50. The second-order valence-corrected chi connectivity index (χ2v) is 5.97. The lowest BCUT2D eigenvalue weighted by Gasteiger charge is -2.18. The van der Waals surface area contributed by atoms with Crippen molar-refractivity contribution < 1.29 is 0 Å². The zero-order valence-corrected chi connectivity index (χ0v) is 12.8. The van der Waals surface area contributed by atoms with Gasteiger partial charge in [0, 0.05) is 6.04 Å². The van der Waals surface area contributed by atoms with Crippen molar-refractivity contribution in [3.05, 3.63) is 22.7 Å². The summed E-state index contributed by atoms with van der Waals surface area (Å²) >= 11 is 1.53. The maximum atomic E-state index is 4.28. The molecule has 0 fully saturated rings. The van der Waals surface area contributed by atoms with Crippen LogP contribution >= 0.6 is 11.5 Å². The molecule has 1 unspecified atom stereocenters. The zero-order valence-electron chi connectivity index (χ0n) is 12.0. The monoisotopic (exact) mass is 267 g/mol. The first-order chi connectivity index (χ1) is 8.56. The highest BCUT2D eigenvalue weighted by molar-refractivity contribution is 7.05. The van der Waals surface area contributed by atoms with E-state index in [1.807, 2.05) is 0 Å². The Morgan fingerprint density at radius 1 is 1.44 bits per heavy atom. The molecule has 4 heteroatoms. The van der Waals surface area contributed by atoms with Crippen LogP contribution in [-0.4, -0.2) is 16.1 Å². The van der Waals surface area contributed by atoms with Gasteiger partial charge in [0.2, 0.25) is 0 Å². The SMILES string of the molecule is C=C(C)CCC(NCCC)c1snnc1C(C)C. The zero-order chi connectivity index (χ0) is 13.5. The van der Waals surface area contributed by atoms with Crippen LogP contribution in [0.4, 0.5) is 0 Å². The van der Waals surface area contributed by atoms with Gasteiger partial charge in [0.05, 0.1) is 10.6 Å². The van der Waals surface area contributed by atoms with Gasteiger partial charge < -0.3 is 5.32 Å². The Hall–Kier alpha value is -0.740. The van der Waals surface area contributed by atoms with Crippen molar-refractivity contribution in [3.63, 3.8) is 0 Å². The summed E-state index contributed by atoms with van der Waals surface area (Å²) in [5.74, 6) is 0.439. The van der Waals surface area contributed by atoms with Gasteiger partial charge in [-0.2, -0.15) is 0 Å². The fraction of sp³-hybridized carbons (Fsp3) is 0.714. The molecular formula is C14H25N3S. The van der Waals surface area contributed by atoms with E-state index in [0.29, 0.717) is 12.0 Å². The van der Waals surface area contributed by atoms with Gasteiger partial charge in [-0.15, -0.1) is 11.7 Å². The number of hydrogen-bond acceptors (Lipinski definition) is 4. The minimum atomic E-state index is 0.374. The molecule has 0 bridgehead atoms. The molecule has 1 aromatic heterocycles. The van der Waals surface area contributed by atoms with Gasteiger partial charge >= 0.3 is 0 Å². The third-order valence-electron chi connectivity index (χ3n) is 2.90. The van der Waals surface area contributed by atoms with Gasteiger partial charge in [-0.05, 0) is 50.2 Å². The number of allylic oxidation sites excluding steroid dienone is 1. The summed E-state index contributed by atoms with van der Waals surface area (Å²) in [5.41, 5.74) is 2.39. The van der Waals surface area contributed by atoms with E-state index in [1.165, 1.54) is 22.0 Å². The van der Waals surface area contributed by atoms with Crippen molar-refractivity contribution in [3.8, 4) is 0 Å². The maximum absolute atomic E-state index is 4.28. The molecule has 102 valence electrons. The molecule has 0 aliphatic carbocycles. The lowest BCUT2D eigenvalue weighted by molar-refractivity contribution is 0.499. The van der Waals surface area contributed by atoms with E-state index in [0.717, 1.165) is 31.5 Å². The fourth-order valence-corrected chi connectivity index (χ4v) is 2.80. The summed E-state index contributed by atoms with van der Waals surface area (Å²) in [6, 6.07) is 0.374. The molecule has 18 heavy (non-hydrogen) atoms. The van der Waals surface area contributed by atoms with Crippen molar-refractivity contribution in [2.45, 2.75) is 58.9 Å². The molecule has 0 saturated carbocycles. The van der Waals surface area contributed by atoms with Crippen LogP contribution in [0, 0.1) is 0 Å². The molecule has 1 atom stereocenters.